The number of alkyl halides is 1. The fraction of sp³-hybridized carbons (Fsp3) is 0.286. The highest BCUT2D eigenvalue weighted by molar-refractivity contribution is 9.10. The Hall–Kier alpha value is -1.13. The molecule has 1 heterocycles. The molecule has 2 aromatic rings. The monoisotopic (exact) mass is 340 g/mol. The first-order valence-electron chi connectivity index (χ1n) is 5.86. The highest BCUT2D eigenvalue weighted by atomic mass is 79.9. The van der Waals surface area contributed by atoms with Crippen molar-refractivity contribution in [1.82, 2.24) is 4.98 Å². The fourth-order valence-corrected chi connectivity index (χ4v) is 2.06. The summed E-state index contributed by atoms with van der Waals surface area (Å²) in [4.78, 5) is 16.5. The summed E-state index contributed by atoms with van der Waals surface area (Å²) in [5.41, 5.74) is 0.858. The van der Waals surface area contributed by atoms with Gasteiger partial charge in [-0.1, -0.05) is 12.1 Å². The van der Waals surface area contributed by atoms with E-state index in [-0.39, 0.29) is 11.8 Å². The minimum Gasteiger partial charge on any atom is -0.324 e. The van der Waals surface area contributed by atoms with Crippen molar-refractivity contribution >= 4 is 50.0 Å². The van der Waals surface area contributed by atoms with Crippen molar-refractivity contribution in [3.8, 4) is 0 Å². The molecular weight excluding hydrogens is 328 g/mol. The number of rotatable bonds is 3. The molecule has 0 aliphatic heterocycles. The van der Waals surface area contributed by atoms with Gasteiger partial charge in [-0.15, -0.1) is 11.6 Å². The minimum absolute atomic E-state index is 0.111. The molecule has 100 valence electrons. The first-order valence-corrected chi connectivity index (χ1v) is 7.18. The number of hydrogen-bond donors (Lipinski definition) is 1. The first kappa shape index (κ1) is 14.3. The Bertz CT molecular complexity index is 628. The van der Waals surface area contributed by atoms with Gasteiger partial charge < -0.3 is 5.32 Å². The third-order valence-corrected chi connectivity index (χ3v) is 3.98. The highest BCUT2D eigenvalue weighted by Gasteiger charge is 2.26. The molecule has 1 aromatic carbocycles. The molecule has 0 radical (unpaired) electrons. The van der Waals surface area contributed by atoms with Gasteiger partial charge in [-0.05, 0) is 41.9 Å². The summed E-state index contributed by atoms with van der Waals surface area (Å²) in [6, 6.07) is 7.64. The van der Waals surface area contributed by atoms with E-state index < -0.39 is 5.41 Å². The molecule has 0 aliphatic rings. The molecule has 0 fully saturated rings. The minimum atomic E-state index is -0.612. The molecule has 1 amide bonds. The average Bonchev–Trinajstić information content (AvgIpc) is 2.38. The van der Waals surface area contributed by atoms with E-state index in [0.717, 1.165) is 15.4 Å². The number of carbonyl (C=O) groups excluding carboxylic acids is 1. The van der Waals surface area contributed by atoms with Crippen LogP contribution in [0.15, 0.2) is 34.9 Å². The second-order valence-electron chi connectivity index (χ2n) is 5.00. The van der Waals surface area contributed by atoms with Crippen molar-refractivity contribution in [1.29, 1.82) is 0 Å². The Balaban J connectivity index is 2.39. The summed E-state index contributed by atoms with van der Waals surface area (Å²) >= 11 is 9.19. The van der Waals surface area contributed by atoms with Gasteiger partial charge in [-0.2, -0.15) is 0 Å². The van der Waals surface area contributed by atoms with Gasteiger partial charge in [0.25, 0.3) is 0 Å². The maximum absolute atomic E-state index is 12.1. The van der Waals surface area contributed by atoms with Crippen molar-refractivity contribution in [2.24, 2.45) is 5.41 Å². The van der Waals surface area contributed by atoms with Crippen LogP contribution in [0.25, 0.3) is 10.9 Å². The number of pyridine rings is 1. The molecule has 0 saturated heterocycles. The number of aromatic nitrogens is 1. The van der Waals surface area contributed by atoms with E-state index in [2.05, 4.69) is 26.2 Å². The third-order valence-electron chi connectivity index (χ3n) is 2.87. The second-order valence-corrected chi connectivity index (χ2v) is 6.19. The molecule has 1 N–H and O–H groups in total. The molecule has 3 nitrogen and oxygen atoms in total. The van der Waals surface area contributed by atoms with Gasteiger partial charge in [-0.3, -0.25) is 9.78 Å². The molecule has 0 atom stereocenters. The van der Waals surface area contributed by atoms with Crippen LogP contribution < -0.4 is 5.32 Å². The van der Waals surface area contributed by atoms with Crippen molar-refractivity contribution in [2.45, 2.75) is 13.8 Å². The Morgan fingerprint density at radius 3 is 2.89 bits per heavy atom. The van der Waals surface area contributed by atoms with Gasteiger partial charge in [0.05, 0.1) is 16.6 Å². The molecule has 0 spiro atoms. The quantitative estimate of drug-likeness (QED) is 0.850. The van der Waals surface area contributed by atoms with Gasteiger partial charge >= 0.3 is 0 Å². The van der Waals surface area contributed by atoms with Crippen LogP contribution in [0, 0.1) is 5.41 Å². The lowest BCUT2D eigenvalue weighted by atomic mass is 9.95. The summed E-state index contributed by atoms with van der Waals surface area (Å²) in [6.07, 6.45) is 1.71. The Morgan fingerprint density at radius 2 is 2.21 bits per heavy atom. The van der Waals surface area contributed by atoms with E-state index in [1.165, 1.54) is 0 Å². The fourth-order valence-electron chi connectivity index (χ4n) is 1.59. The molecular formula is C14H14BrClN2O. The number of fused-ring (bicyclic) bond motifs is 1. The van der Waals surface area contributed by atoms with E-state index in [4.69, 9.17) is 11.6 Å². The molecule has 2 rings (SSSR count). The van der Waals surface area contributed by atoms with E-state index >= 15 is 0 Å². The van der Waals surface area contributed by atoms with Crippen LogP contribution in [-0.4, -0.2) is 16.8 Å². The second kappa shape index (κ2) is 5.47. The molecule has 0 saturated carbocycles. The van der Waals surface area contributed by atoms with Gasteiger partial charge in [0.1, 0.15) is 0 Å². The number of hydrogen-bond acceptors (Lipinski definition) is 2. The molecule has 19 heavy (non-hydrogen) atoms. The van der Waals surface area contributed by atoms with Crippen LogP contribution in [0.4, 0.5) is 5.69 Å². The van der Waals surface area contributed by atoms with Crippen LogP contribution in [-0.2, 0) is 4.79 Å². The standard InChI is InChI=1S/C14H14BrClN2O/c1-14(2,8-16)13(19)18-11-5-3-4-9-6-10(15)7-17-12(9)11/h3-7H,8H2,1-2H3,(H,18,19). The normalized spacial score (nSPS) is 11.6. The van der Waals surface area contributed by atoms with Crippen molar-refractivity contribution in [3.63, 3.8) is 0 Å². The SMILES string of the molecule is CC(C)(CCl)C(=O)Nc1cccc2cc(Br)cnc12. The maximum atomic E-state index is 12.1. The number of carbonyl (C=O) groups is 1. The van der Waals surface area contributed by atoms with Crippen LogP contribution in [0.5, 0.6) is 0 Å². The van der Waals surface area contributed by atoms with Gasteiger partial charge in [0, 0.05) is 21.9 Å². The molecule has 1 aromatic heterocycles. The third kappa shape index (κ3) is 3.07. The number of para-hydroxylation sites is 1. The smallest absolute Gasteiger partial charge is 0.231 e. The number of benzene rings is 1. The van der Waals surface area contributed by atoms with Gasteiger partial charge in [0.15, 0.2) is 0 Å². The van der Waals surface area contributed by atoms with Crippen LogP contribution in [0.2, 0.25) is 0 Å². The predicted molar refractivity (Wildman–Crippen MR) is 82.6 cm³/mol. The Kier molecular flexibility index (Phi) is 4.11. The molecule has 5 heteroatoms. The van der Waals surface area contributed by atoms with Crippen LogP contribution in [0.3, 0.4) is 0 Å². The largest absolute Gasteiger partial charge is 0.324 e. The van der Waals surface area contributed by atoms with Crippen molar-refractivity contribution in [3.05, 3.63) is 34.9 Å². The van der Waals surface area contributed by atoms with Crippen molar-refractivity contribution in [2.75, 3.05) is 11.2 Å². The number of nitrogens with zero attached hydrogens (tertiary/aromatic N) is 1. The summed E-state index contributed by atoms with van der Waals surface area (Å²) < 4.78 is 0.907. The Morgan fingerprint density at radius 1 is 1.47 bits per heavy atom. The first-order chi connectivity index (χ1) is 8.94. The lowest BCUT2D eigenvalue weighted by molar-refractivity contribution is -0.122. The number of anilines is 1. The molecule has 0 bridgehead atoms. The highest BCUT2D eigenvalue weighted by Crippen LogP contribution is 2.26. The summed E-state index contributed by atoms with van der Waals surface area (Å²) in [6.45, 7) is 3.62. The van der Waals surface area contributed by atoms with E-state index in [1.54, 1.807) is 6.20 Å². The van der Waals surface area contributed by atoms with E-state index in [0.29, 0.717) is 5.69 Å². The summed E-state index contributed by atoms with van der Waals surface area (Å²) in [7, 11) is 0. The topological polar surface area (TPSA) is 42.0 Å². The number of nitrogens with one attached hydrogen (secondary N) is 1. The molecule has 0 unspecified atom stereocenters. The zero-order valence-corrected chi connectivity index (χ0v) is 13.0. The van der Waals surface area contributed by atoms with E-state index in [1.807, 2.05) is 38.1 Å². The number of amides is 1. The summed E-state index contributed by atoms with van der Waals surface area (Å²) in [5, 5.41) is 3.86. The maximum Gasteiger partial charge on any atom is 0.231 e. The average molecular weight is 342 g/mol. The Labute approximate surface area is 125 Å². The van der Waals surface area contributed by atoms with E-state index in [9.17, 15) is 4.79 Å². The lowest BCUT2D eigenvalue weighted by Gasteiger charge is -2.20. The zero-order valence-electron chi connectivity index (χ0n) is 10.7. The summed E-state index contributed by atoms with van der Waals surface area (Å²) in [5.74, 6) is 0.155. The zero-order chi connectivity index (χ0) is 14.0. The molecule has 0 aliphatic carbocycles. The van der Waals surface area contributed by atoms with Gasteiger partial charge in [0.2, 0.25) is 5.91 Å². The predicted octanol–water partition coefficient (Wildman–Crippen LogP) is 4.20. The van der Waals surface area contributed by atoms with Crippen LogP contribution in [0.1, 0.15) is 13.8 Å². The van der Waals surface area contributed by atoms with Crippen molar-refractivity contribution < 1.29 is 4.79 Å². The number of halogens is 2. The lowest BCUT2D eigenvalue weighted by Crippen LogP contribution is -2.32. The van der Waals surface area contributed by atoms with Gasteiger partial charge in [-0.25, -0.2) is 0 Å². The van der Waals surface area contributed by atoms with Crippen LogP contribution >= 0.6 is 27.5 Å².